The van der Waals surface area contributed by atoms with Crippen molar-refractivity contribution in [3.8, 4) is 6.07 Å². The molecule has 0 spiro atoms. The highest BCUT2D eigenvalue weighted by molar-refractivity contribution is 5.59. The van der Waals surface area contributed by atoms with E-state index in [9.17, 15) is 4.39 Å². The summed E-state index contributed by atoms with van der Waals surface area (Å²) in [6.45, 7) is 3.46. The smallest absolute Gasteiger partial charge is 0.143 e. The van der Waals surface area contributed by atoms with Crippen molar-refractivity contribution >= 4 is 5.69 Å². The van der Waals surface area contributed by atoms with Gasteiger partial charge >= 0.3 is 0 Å². The topological polar surface area (TPSA) is 45.0 Å². The zero-order valence-corrected chi connectivity index (χ0v) is 9.79. The van der Waals surface area contributed by atoms with Crippen LogP contribution < -0.4 is 5.32 Å². The molecule has 0 unspecified atom stereocenters. The third-order valence-electron chi connectivity index (χ3n) is 3.16. The van der Waals surface area contributed by atoms with Gasteiger partial charge in [-0.2, -0.15) is 5.26 Å². The van der Waals surface area contributed by atoms with Crippen LogP contribution in [0, 0.1) is 17.1 Å². The normalized spacial score (nSPS) is 18.4. The number of rotatable bonds is 2. The van der Waals surface area contributed by atoms with Gasteiger partial charge in [0.2, 0.25) is 0 Å². The zero-order chi connectivity index (χ0) is 12.3. The lowest BCUT2D eigenvalue weighted by Gasteiger charge is -2.35. The molecule has 1 aromatic carbocycles. The van der Waals surface area contributed by atoms with Crippen LogP contribution in [-0.2, 0) is 4.74 Å². The van der Waals surface area contributed by atoms with E-state index in [0.717, 1.165) is 12.8 Å². The van der Waals surface area contributed by atoms with Gasteiger partial charge in [0.05, 0.1) is 5.69 Å². The van der Waals surface area contributed by atoms with Crippen LogP contribution in [0.25, 0.3) is 0 Å². The van der Waals surface area contributed by atoms with Gasteiger partial charge in [0.1, 0.15) is 17.4 Å². The van der Waals surface area contributed by atoms with Crippen LogP contribution in [0.3, 0.4) is 0 Å². The Hall–Kier alpha value is -1.60. The Balaban J connectivity index is 2.24. The minimum absolute atomic E-state index is 0.0835. The Morgan fingerprint density at radius 2 is 2.12 bits per heavy atom. The number of anilines is 1. The van der Waals surface area contributed by atoms with E-state index < -0.39 is 5.82 Å². The van der Waals surface area contributed by atoms with Crippen LogP contribution in [-0.4, -0.2) is 18.8 Å². The van der Waals surface area contributed by atoms with E-state index in [1.807, 2.05) is 6.07 Å². The number of nitriles is 1. The molecule has 0 amide bonds. The van der Waals surface area contributed by atoms with E-state index >= 15 is 0 Å². The van der Waals surface area contributed by atoms with Crippen molar-refractivity contribution < 1.29 is 9.13 Å². The van der Waals surface area contributed by atoms with Crippen molar-refractivity contribution in [1.29, 1.82) is 5.26 Å². The first kappa shape index (κ1) is 11.9. The standard InChI is InChI=1S/C13H15FN2O/c1-13(5-7-17-8-6-13)16-12-4-2-3-11(14)10(12)9-15/h2-4,16H,5-8H2,1H3. The maximum atomic E-state index is 13.4. The molecule has 2 rings (SSSR count). The molecule has 1 fully saturated rings. The van der Waals surface area contributed by atoms with Gasteiger partial charge in [0.15, 0.2) is 0 Å². The highest BCUT2D eigenvalue weighted by Gasteiger charge is 2.28. The van der Waals surface area contributed by atoms with Gasteiger partial charge in [0.25, 0.3) is 0 Å². The fourth-order valence-electron chi connectivity index (χ4n) is 2.01. The fourth-order valence-corrected chi connectivity index (χ4v) is 2.01. The summed E-state index contributed by atoms with van der Waals surface area (Å²) < 4.78 is 18.7. The molecule has 1 heterocycles. The van der Waals surface area contributed by atoms with Crippen LogP contribution in [0.15, 0.2) is 18.2 Å². The summed E-state index contributed by atoms with van der Waals surface area (Å²) >= 11 is 0. The van der Waals surface area contributed by atoms with E-state index in [1.165, 1.54) is 6.07 Å². The minimum atomic E-state index is -0.479. The molecule has 90 valence electrons. The highest BCUT2D eigenvalue weighted by Crippen LogP contribution is 2.28. The fraction of sp³-hybridized carbons (Fsp3) is 0.462. The summed E-state index contributed by atoms with van der Waals surface area (Å²) in [5.41, 5.74) is 0.523. The molecule has 0 bridgehead atoms. The summed E-state index contributed by atoms with van der Waals surface area (Å²) in [7, 11) is 0. The monoisotopic (exact) mass is 234 g/mol. The molecule has 0 atom stereocenters. The van der Waals surface area contributed by atoms with Crippen molar-refractivity contribution in [2.75, 3.05) is 18.5 Å². The van der Waals surface area contributed by atoms with Crippen molar-refractivity contribution in [3.05, 3.63) is 29.6 Å². The molecule has 1 aliphatic rings. The quantitative estimate of drug-likeness (QED) is 0.855. The van der Waals surface area contributed by atoms with Crippen LogP contribution in [0.2, 0.25) is 0 Å². The van der Waals surface area contributed by atoms with Crippen LogP contribution in [0.5, 0.6) is 0 Å². The molecule has 1 saturated heterocycles. The molecule has 4 heteroatoms. The average Bonchev–Trinajstić information content (AvgIpc) is 2.30. The van der Waals surface area contributed by atoms with Crippen LogP contribution in [0.1, 0.15) is 25.3 Å². The number of hydrogen-bond acceptors (Lipinski definition) is 3. The second-order valence-corrected chi connectivity index (χ2v) is 4.57. The number of nitrogens with one attached hydrogen (secondary N) is 1. The Bertz CT molecular complexity index is 447. The summed E-state index contributed by atoms with van der Waals surface area (Å²) in [6.07, 6.45) is 1.71. The molecule has 0 aromatic heterocycles. The molecule has 0 saturated carbocycles. The molecule has 1 aromatic rings. The molecule has 0 radical (unpaired) electrons. The average molecular weight is 234 g/mol. The van der Waals surface area contributed by atoms with E-state index in [0.29, 0.717) is 18.9 Å². The lowest BCUT2D eigenvalue weighted by Crippen LogP contribution is -2.40. The van der Waals surface area contributed by atoms with E-state index in [4.69, 9.17) is 10.00 Å². The third-order valence-corrected chi connectivity index (χ3v) is 3.16. The second-order valence-electron chi connectivity index (χ2n) is 4.57. The lowest BCUT2D eigenvalue weighted by atomic mass is 9.92. The molecule has 0 aliphatic carbocycles. The second kappa shape index (κ2) is 4.72. The van der Waals surface area contributed by atoms with E-state index in [-0.39, 0.29) is 11.1 Å². The lowest BCUT2D eigenvalue weighted by molar-refractivity contribution is 0.0658. The highest BCUT2D eigenvalue weighted by atomic mass is 19.1. The van der Waals surface area contributed by atoms with Crippen molar-refractivity contribution in [2.45, 2.75) is 25.3 Å². The predicted molar refractivity (Wildman–Crippen MR) is 63.2 cm³/mol. The van der Waals surface area contributed by atoms with Gasteiger partial charge in [-0.05, 0) is 31.9 Å². The predicted octanol–water partition coefficient (Wildman–Crippen LogP) is 2.68. The van der Waals surface area contributed by atoms with Gasteiger partial charge in [0, 0.05) is 18.8 Å². The third kappa shape index (κ3) is 2.56. The number of hydrogen-bond donors (Lipinski definition) is 1. The molecule has 17 heavy (non-hydrogen) atoms. The number of ether oxygens (including phenoxy) is 1. The van der Waals surface area contributed by atoms with Gasteiger partial charge in [-0.25, -0.2) is 4.39 Å². The Morgan fingerprint density at radius 3 is 2.76 bits per heavy atom. The minimum Gasteiger partial charge on any atom is -0.381 e. The maximum Gasteiger partial charge on any atom is 0.143 e. The number of benzene rings is 1. The summed E-state index contributed by atoms with van der Waals surface area (Å²) in [5, 5.41) is 12.2. The largest absolute Gasteiger partial charge is 0.381 e. The summed E-state index contributed by atoms with van der Waals surface area (Å²) in [4.78, 5) is 0. The van der Waals surface area contributed by atoms with Crippen molar-refractivity contribution in [1.82, 2.24) is 0 Å². The Kier molecular flexibility index (Phi) is 3.30. The SMILES string of the molecule is CC1(Nc2cccc(F)c2C#N)CCOCC1. The van der Waals surface area contributed by atoms with Gasteiger partial charge in [-0.3, -0.25) is 0 Å². The molecule has 1 aliphatic heterocycles. The maximum absolute atomic E-state index is 13.4. The van der Waals surface area contributed by atoms with Crippen LogP contribution >= 0.6 is 0 Å². The molecular weight excluding hydrogens is 219 g/mol. The first-order valence-corrected chi connectivity index (χ1v) is 5.69. The van der Waals surface area contributed by atoms with E-state index in [1.54, 1.807) is 12.1 Å². The van der Waals surface area contributed by atoms with Gasteiger partial charge in [-0.15, -0.1) is 0 Å². The Labute approximate surface area is 100 Å². The molecular formula is C13H15FN2O. The van der Waals surface area contributed by atoms with Crippen molar-refractivity contribution in [2.24, 2.45) is 0 Å². The zero-order valence-electron chi connectivity index (χ0n) is 9.79. The number of halogens is 1. The molecule has 1 N–H and O–H groups in total. The Morgan fingerprint density at radius 1 is 1.41 bits per heavy atom. The van der Waals surface area contributed by atoms with Gasteiger partial charge < -0.3 is 10.1 Å². The first-order chi connectivity index (χ1) is 8.14. The molecule has 3 nitrogen and oxygen atoms in total. The number of nitrogens with zero attached hydrogens (tertiary/aromatic N) is 1. The van der Waals surface area contributed by atoms with E-state index in [2.05, 4.69) is 12.2 Å². The van der Waals surface area contributed by atoms with Crippen LogP contribution in [0.4, 0.5) is 10.1 Å². The summed E-state index contributed by atoms with van der Waals surface area (Å²) in [5.74, 6) is -0.479. The first-order valence-electron chi connectivity index (χ1n) is 5.69. The van der Waals surface area contributed by atoms with Crippen molar-refractivity contribution in [3.63, 3.8) is 0 Å². The van der Waals surface area contributed by atoms with Gasteiger partial charge in [-0.1, -0.05) is 6.07 Å². The summed E-state index contributed by atoms with van der Waals surface area (Å²) in [6, 6.07) is 6.55.